The zero-order valence-corrected chi connectivity index (χ0v) is 16.0. The van der Waals surface area contributed by atoms with Crippen molar-refractivity contribution in [2.75, 3.05) is 12.3 Å². The first kappa shape index (κ1) is 18.6. The van der Waals surface area contributed by atoms with Crippen LogP contribution in [0.3, 0.4) is 0 Å². The minimum atomic E-state index is -0.324. The Morgan fingerprint density at radius 3 is 2.77 bits per heavy atom. The van der Waals surface area contributed by atoms with Crippen molar-refractivity contribution >= 4 is 39.2 Å². The molecule has 26 heavy (non-hydrogen) atoms. The number of benzene rings is 1. The Hall–Kier alpha value is -2.19. The van der Waals surface area contributed by atoms with Gasteiger partial charge in [0.1, 0.15) is 10.6 Å². The average molecular weight is 391 g/mol. The highest BCUT2D eigenvalue weighted by Gasteiger charge is 2.14. The van der Waals surface area contributed by atoms with Crippen molar-refractivity contribution in [2.45, 2.75) is 19.0 Å². The van der Waals surface area contributed by atoms with E-state index in [2.05, 4.69) is 15.3 Å². The maximum atomic E-state index is 13.1. The van der Waals surface area contributed by atoms with Crippen molar-refractivity contribution in [3.8, 4) is 11.1 Å². The first-order valence-electron chi connectivity index (χ1n) is 8.11. The topological polar surface area (TPSA) is 74.8 Å². The molecule has 2 aromatic heterocycles. The number of fused-ring (bicyclic) bond motifs is 1. The molecule has 3 aromatic rings. The predicted molar refractivity (Wildman–Crippen MR) is 104 cm³/mol. The molecule has 0 saturated carbocycles. The van der Waals surface area contributed by atoms with Crippen molar-refractivity contribution < 1.29 is 9.18 Å². The maximum Gasteiger partial charge on any atom is 0.260 e. The fourth-order valence-corrected chi connectivity index (χ4v) is 4.04. The lowest BCUT2D eigenvalue weighted by Crippen LogP contribution is -2.28. The molecule has 0 fully saturated rings. The Bertz CT molecular complexity index is 980. The Morgan fingerprint density at radius 2 is 2.08 bits per heavy atom. The molecule has 0 spiro atoms. The summed E-state index contributed by atoms with van der Waals surface area (Å²) in [5.74, 6) is 0.158. The van der Waals surface area contributed by atoms with Crippen LogP contribution in [0.4, 0.5) is 4.39 Å². The molecular weight excluding hydrogens is 373 g/mol. The predicted octanol–water partition coefficient (Wildman–Crippen LogP) is 3.66. The number of aromatic amines is 1. The van der Waals surface area contributed by atoms with Gasteiger partial charge < -0.3 is 10.3 Å². The number of rotatable bonds is 6. The molecule has 0 unspecified atom stereocenters. The number of hydrogen-bond acceptors (Lipinski definition) is 5. The summed E-state index contributed by atoms with van der Waals surface area (Å²) in [5.41, 5.74) is 1.23. The third-order valence-corrected chi connectivity index (χ3v) is 5.37. The van der Waals surface area contributed by atoms with Crippen LogP contribution in [0.2, 0.25) is 0 Å². The average Bonchev–Trinajstić information content (AvgIpc) is 3.03. The minimum Gasteiger partial charge on any atom is -0.355 e. The summed E-state index contributed by atoms with van der Waals surface area (Å²) in [4.78, 5) is 32.1. The molecule has 1 aromatic carbocycles. The van der Waals surface area contributed by atoms with Gasteiger partial charge >= 0.3 is 0 Å². The fraction of sp³-hybridized carbons (Fsp3) is 0.278. The van der Waals surface area contributed by atoms with E-state index in [1.165, 1.54) is 35.2 Å². The first-order valence-corrected chi connectivity index (χ1v) is 9.97. The monoisotopic (exact) mass is 391 g/mol. The van der Waals surface area contributed by atoms with Crippen LogP contribution in [0.5, 0.6) is 0 Å². The number of carbonyl (C=O) groups excluding carboxylic acids is 1. The van der Waals surface area contributed by atoms with Gasteiger partial charge in [0.15, 0.2) is 5.16 Å². The van der Waals surface area contributed by atoms with Gasteiger partial charge in [-0.3, -0.25) is 9.59 Å². The molecule has 0 aliphatic rings. The summed E-state index contributed by atoms with van der Waals surface area (Å²) < 4.78 is 13.1. The molecule has 136 valence electrons. The summed E-state index contributed by atoms with van der Waals surface area (Å²) in [6, 6.07) is 6.00. The van der Waals surface area contributed by atoms with Gasteiger partial charge in [-0.15, -0.1) is 11.3 Å². The summed E-state index contributed by atoms with van der Waals surface area (Å²) in [6.07, 6.45) is 0. The smallest absolute Gasteiger partial charge is 0.260 e. The SMILES string of the molecule is CC(C)CNC(=O)CSc1nc2scc(-c3ccc(F)cc3)c2c(=O)[nH]1. The second kappa shape index (κ2) is 8.01. The lowest BCUT2D eigenvalue weighted by molar-refractivity contribution is -0.118. The number of H-pyrrole nitrogens is 1. The molecule has 0 saturated heterocycles. The van der Waals surface area contributed by atoms with E-state index in [1.54, 1.807) is 12.1 Å². The Labute approximate surface area is 158 Å². The van der Waals surface area contributed by atoms with E-state index in [0.29, 0.717) is 27.8 Å². The van der Waals surface area contributed by atoms with Gasteiger partial charge in [-0.2, -0.15) is 0 Å². The quantitative estimate of drug-likeness (QED) is 0.497. The number of nitrogens with zero attached hydrogens (tertiary/aromatic N) is 1. The van der Waals surface area contributed by atoms with Gasteiger partial charge in [-0.1, -0.05) is 37.7 Å². The van der Waals surface area contributed by atoms with Gasteiger partial charge in [0.2, 0.25) is 5.91 Å². The lowest BCUT2D eigenvalue weighted by atomic mass is 10.1. The number of nitrogens with one attached hydrogen (secondary N) is 2. The number of thioether (sulfide) groups is 1. The lowest BCUT2D eigenvalue weighted by Gasteiger charge is -2.07. The van der Waals surface area contributed by atoms with Gasteiger partial charge in [0.05, 0.1) is 11.1 Å². The summed E-state index contributed by atoms with van der Waals surface area (Å²) in [6.45, 7) is 4.67. The number of halogens is 1. The van der Waals surface area contributed by atoms with Crippen molar-refractivity contribution in [1.82, 2.24) is 15.3 Å². The maximum absolute atomic E-state index is 13.1. The van der Waals surface area contributed by atoms with E-state index in [9.17, 15) is 14.0 Å². The number of aromatic nitrogens is 2. The highest BCUT2D eigenvalue weighted by Crippen LogP contribution is 2.31. The Balaban J connectivity index is 1.80. The fourth-order valence-electron chi connectivity index (χ4n) is 2.34. The highest BCUT2D eigenvalue weighted by atomic mass is 32.2. The molecule has 2 heterocycles. The summed E-state index contributed by atoms with van der Waals surface area (Å²) in [7, 11) is 0. The summed E-state index contributed by atoms with van der Waals surface area (Å²) in [5, 5.41) is 5.56. The molecule has 1 amide bonds. The van der Waals surface area contributed by atoms with Gasteiger partial charge in [0.25, 0.3) is 5.56 Å². The molecule has 0 aliphatic heterocycles. The van der Waals surface area contributed by atoms with Crippen LogP contribution >= 0.6 is 23.1 Å². The van der Waals surface area contributed by atoms with Gasteiger partial charge in [-0.25, -0.2) is 9.37 Å². The third-order valence-electron chi connectivity index (χ3n) is 3.62. The molecule has 0 bridgehead atoms. The minimum absolute atomic E-state index is 0.0929. The largest absolute Gasteiger partial charge is 0.355 e. The number of thiophene rings is 1. The standard InChI is InChI=1S/C18H18FN3O2S2/c1-10(2)7-20-14(23)9-26-18-21-16(24)15-13(8-25-17(15)22-18)11-3-5-12(19)6-4-11/h3-6,8,10H,7,9H2,1-2H3,(H,20,23)(H,21,22,24). The van der Waals surface area contributed by atoms with E-state index in [1.807, 2.05) is 19.2 Å². The zero-order valence-electron chi connectivity index (χ0n) is 14.3. The van der Waals surface area contributed by atoms with Crippen LogP contribution in [0.1, 0.15) is 13.8 Å². The number of hydrogen-bond donors (Lipinski definition) is 2. The molecule has 2 N–H and O–H groups in total. The van der Waals surface area contributed by atoms with Crippen molar-refractivity contribution in [1.29, 1.82) is 0 Å². The Kier molecular flexibility index (Phi) is 5.73. The first-order chi connectivity index (χ1) is 12.4. The second-order valence-electron chi connectivity index (χ2n) is 6.19. The third kappa shape index (κ3) is 4.31. The van der Waals surface area contributed by atoms with Gasteiger partial charge in [-0.05, 0) is 23.6 Å². The second-order valence-corrected chi connectivity index (χ2v) is 8.02. The van der Waals surface area contributed by atoms with Gasteiger partial charge in [0, 0.05) is 17.5 Å². The molecular formula is C18H18FN3O2S2. The normalized spacial score (nSPS) is 11.2. The molecule has 0 radical (unpaired) electrons. The van der Waals surface area contributed by atoms with Crippen LogP contribution in [-0.4, -0.2) is 28.2 Å². The van der Waals surface area contributed by atoms with Crippen LogP contribution in [0.25, 0.3) is 21.3 Å². The van der Waals surface area contributed by atoms with Crippen LogP contribution in [0, 0.1) is 11.7 Å². The van der Waals surface area contributed by atoms with Crippen molar-refractivity contribution in [2.24, 2.45) is 5.92 Å². The Morgan fingerprint density at radius 1 is 1.35 bits per heavy atom. The van der Waals surface area contributed by atoms with E-state index in [-0.39, 0.29) is 23.0 Å². The zero-order chi connectivity index (χ0) is 18.7. The molecule has 8 heteroatoms. The number of amides is 1. The molecule has 3 rings (SSSR count). The number of carbonyl (C=O) groups is 1. The molecule has 0 atom stereocenters. The van der Waals surface area contributed by atoms with E-state index in [0.717, 1.165) is 11.1 Å². The molecule has 0 aliphatic carbocycles. The van der Waals surface area contributed by atoms with Crippen LogP contribution in [0.15, 0.2) is 39.6 Å². The van der Waals surface area contributed by atoms with E-state index < -0.39 is 0 Å². The van der Waals surface area contributed by atoms with E-state index >= 15 is 0 Å². The van der Waals surface area contributed by atoms with Crippen molar-refractivity contribution in [3.05, 3.63) is 45.8 Å². The van der Waals surface area contributed by atoms with Crippen molar-refractivity contribution in [3.63, 3.8) is 0 Å². The van der Waals surface area contributed by atoms with Crippen LogP contribution < -0.4 is 10.9 Å². The summed E-state index contributed by atoms with van der Waals surface area (Å²) >= 11 is 2.55. The molecule has 5 nitrogen and oxygen atoms in total. The van der Waals surface area contributed by atoms with Crippen LogP contribution in [-0.2, 0) is 4.79 Å². The highest BCUT2D eigenvalue weighted by molar-refractivity contribution is 7.99. The van der Waals surface area contributed by atoms with E-state index in [4.69, 9.17) is 0 Å².